The molecule has 22 heavy (non-hydrogen) atoms. The molecule has 3 nitrogen and oxygen atoms in total. The molecule has 0 amide bonds. The third kappa shape index (κ3) is 2.99. The fourth-order valence-electron chi connectivity index (χ4n) is 1.68. The van der Waals surface area contributed by atoms with Gasteiger partial charge in [0.15, 0.2) is 5.69 Å². The van der Waals surface area contributed by atoms with Crippen molar-refractivity contribution in [1.82, 2.24) is 4.98 Å². The van der Waals surface area contributed by atoms with E-state index in [1.54, 1.807) is 0 Å². The molecule has 1 heterocycles. The van der Waals surface area contributed by atoms with Crippen LogP contribution in [0.5, 0.6) is 0 Å². The Morgan fingerprint density at radius 1 is 1.00 bits per heavy atom. The molecule has 0 unspecified atom stereocenters. The quantitative estimate of drug-likeness (QED) is 0.270. The Morgan fingerprint density at radius 2 is 1.50 bits per heavy atom. The zero-order chi connectivity index (χ0) is 16.6. The van der Waals surface area contributed by atoms with Gasteiger partial charge in [-0.05, 0) is 12.1 Å². The highest BCUT2D eigenvalue weighted by molar-refractivity contribution is 6.56. The topological polar surface area (TPSA) is 39.2 Å². The van der Waals surface area contributed by atoms with Crippen molar-refractivity contribution in [3.8, 4) is 11.1 Å². The first-order valence-electron chi connectivity index (χ1n) is 5.56. The molecule has 0 saturated carbocycles. The van der Waals surface area contributed by atoms with E-state index < -0.39 is 11.9 Å². The number of hydrogen-bond acceptors (Lipinski definition) is 3. The molecular weight excluding hydrogens is 398 g/mol. The van der Waals surface area contributed by atoms with Crippen LogP contribution >= 0.6 is 58.0 Å². The first-order chi connectivity index (χ1) is 10.3. The molecule has 9 heteroatoms. The second kappa shape index (κ2) is 6.77. The Labute approximate surface area is 149 Å². The van der Waals surface area contributed by atoms with Crippen molar-refractivity contribution in [3.05, 3.63) is 48.9 Å². The van der Waals surface area contributed by atoms with E-state index in [0.29, 0.717) is 0 Å². The lowest BCUT2D eigenvalue weighted by Crippen LogP contribution is -2.06. The Bertz CT molecular complexity index is 753. The van der Waals surface area contributed by atoms with Gasteiger partial charge >= 0.3 is 5.97 Å². The number of methoxy groups -OCH3 is 1. The Hall–Kier alpha value is -0.780. The van der Waals surface area contributed by atoms with Crippen LogP contribution in [0.2, 0.25) is 25.1 Å². The monoisotopic (exact) mass is 401 g/mol. The highest BCUT2D eigenvalue weighted by atomic mass is 35.5. The Kier molecular flexibility index (Phi) is 5.41. The van der Waals surface area contributed by atoms with Crippen LogP contribution < -0.4 is 0 Å². The number of hydrogen-bond donors (Lipinski definition) is 0. The molecule has 0 spiro atoms. The maximum absolute atomic E-state index is 14.2. The van der Waals surface area contributed by atoms with E-state index in [0.717, 1.165) is 7.11 Å². The summed E-state index contributed by atoms with van der Waals surface area (Å²) < 4.78 is 18.7. The van der Waals surface area contributed by atoms with E-state index in [-0.39, 0.29) is 41.9 Å². The van der Waals surface area contributed by atoms with Gasteiger partial charge in [-0.1, -0.05) is 58.0 Å². The van der Waals surface area contributed by atoms with E-state index in [9.17, 15) is 9.18 Å². The van der Waals surface area contributed by atoms with Crippen molar-refractivity contribution < 1.29 is 13.9 Å². The molecule has 116 valence electrons. The number of aromatic nitrogens is 1. The largest absolute Gasteiger partial charge is 0.464 e. The standard InChI is InChI=1S/C13H5Cl5FNO2/c1-22-13(21)5-3-2-4(12(19)20-5)6-7(14)9(16)11(18)10(17)8(6)15/h2-3H,1H3. The molecule has 0 aliphatic rings. The lowest BCUT2D eigenvalue weighted by Gasteiger charge is -2.13. The Morgan fingerprint density at radius 3 is 1.95 bits per heavy atom. The molecule has 0 atom stereocenters. The van der Waals surface area contributed by atoms with Gasteiger partial charge in [-0.15, -0.1) is 0 Å². The van der Waals surface area contributed by atoms with Crippen LogP contribution in [0.1, 0.15) is 10.5 Å². The predicted molar refractivity (Wildman–Crippen MR) is 86.0 cm³/mol. The molecule has 0 fully saturated rings. The van der Waals surface area contributed by atoms with Gasteiger partial charge in [-0.25, -0.2) is 9.78 Å². The van der Waals surface area contributed by atoms with Gasteiger partial charge in [0, 0.05) is 11.1 Å². The molecule has 2 aromatic rings. The minimum Gasteiger partial charge on any atom is -0.464 e. The molecular formula is C13H5Cl5FNO2. The van der Waals surface area contributed by atoms with Crippen LogP contribution in [0, 0.1) is 5.95 Å². The van der Waals surface area contributed by atoms with E-state index in [1.807, 2.05) is 0 Å². The summed E-state index contributed by atoms with van der Waals surface area (Å²) in [6.45, 7) is 0. The van der Waals surface area contributed by atoms with Gasteiger partial charge < -0.3 is 4.74 Å². The van der Waals surface area contributed by atoms with Gasteiger partial charge in [-0.3, -0.25) is 0 Å². The van der Waals surface area contributed by atoms with Crippen LogP contribution in [0.15, 0.2) is 12.1 Å². The van der Waals surface area contributed by atoms with E-state index in [2.05, 4.69) is 9.72 Å². The molecule has 0 aliphatic heterocycles. The second-order valence-corrected chi connectivity index (χ2v) is 5.86. The van der Waals surface area contributed by atoms with E-state index in [4.69, 9.17) is 58.0 Å². The molecule has 2 rings (SSSR count). The normalized spacial score (nSPS) is 10.7. The maximum Gasteiger partial charge on any atom is 0.356 e. The third-order valence-corrected chi connectivity index (χ3v) is 5.00. The number of ether oxygens (including phenoxy) is 1. The van der Waals surface area contributed by atoms with Gasteiger partial charge in [0.1, 0.15) is 0 Å². The number of carbonyl (C=O) groups is 1. The van der Waals surface area contributed by atoms with Gasteiger partial charge in [-0.2, -0.15) is 4.39 Å². The second-order valence-electron chi connectivity index (χ2n) is 3.97. The van der Waals surface area contributed by atoms with Crippen molar-refractivity contribution in [2.24, 2.45) is 0 Å². The average molecular weight is 403 g/mol. The number of benzene rings is 1. The molecule has 1 aromatic heterocycles. The van der Waals surface area contributed by atoms with Gasteiger partial charge in [0.05, 0.1) is 32.2 Å². The van der Waals surface area contributed by atoms with Crippen molar-refractivity contribution in [2.45, 2.75) is 0 Å². The number of pyridine rings is 1. The first-order valence-corrected chi connectivity index (χ1v) is 7.45. The zero-order valence-electron chi connectivity index (χ0n) is 10.7. The summed E-state index contributed by atoms with van der Waals surface area (Å²) in [6, 6.07) is 2.52. The number of esters is 1. The number of rotatable bonds is 2. The number of carbonyl (C=O) groups excluding carboxylic acids is 1. The predicted octanol–water partition coefficient (Wildman–Crippen LogP) is 5.94. The minimum atomic E-state index is -0.985. The van der Waals surface area contributed by atoms with Crippen LogP contribution in [0.4, 0.5) is 4.39 Å². The summed E-state index contributed by atoms with van der Waals surface area (Å²) in [5.41, 5.74) is -0.255. The summed E-state index contributed by atoms with van der Waals surface area (Å²) >= 11 is 29.9. The zero-order valence-corrected chi connectivity index (χ0v) is 14.5. The minimum absolute atomic E-state index is 0.0316. The fraction of sp³-hybridized carbons (Fsp3) is 0.0769. The summed E-state index contributed by atoms with van der Waals surface area (Å²) in [5, 5.41) is -0.324. The van der Waals surface area contributed by atoms with Crippen molar-refractivity contribution in [1.29, 1.82) is 0 Å². The Balaban J connectivity index is 2.70. The molecule has 0 saturated heterocycles. The highest BCUT2D eigenvalue weighted by Crippen LogP contribution is 2.48. The van der Waals surface area contributed by atoms with Gasteiger partial charge in [0.2, 0.25) is 5.95 Å². The molecule has 1 aromatic carbocycles. The maximum atomic E-state index is 14.2. The molecule has 0 radical (unpaired) electrons. The number of nitrogens with zero attached hydrogens (tertiary/aromatic N) is 1. The average Bonchev–Trinajstić information content (AvgIpc) is 2.51. The molecule has 0 N–H and O–H groups in total. The van der Waals surface area contributed by atoms with Crippen molar-refractivity contribution in [3.63, 3.8) is 0 Å². The number of halogens is 6. The first kappa shape index (κ1) is 17.6. The highest BCUT2D eigenvalue weighted by Gasteiger charge is 2.23. The fourth-order valence-corrected chi connectivity index (χ4v) is 3.02. The molecule has 0 aliphatic carbocycles. The smallest absolute Gasteiger partial charge is 0.356 e. The van der Waals surface area contributed by atoms with Crippen molar-refractivity contribution in [2.75, 3.05) is 7.11 Å². The van der Waals surface area contributed by atoms with Crippen LogP contribution in [-0.4, -0.2) is 18.1 Å². The van der Waals surface area contributed by atoms with Crippen molar-refractivity contribution >= 4 is 64.0 Å². The van der Waals surface area contributed by atoms with E-state index >= 15 is 0 Å². The van der Waals surface area contributed by atoms with Crippen LogP contribution in [0.3, 0.4) is 0 Å². The lowest BCUT2D eigenvalue weighted by molar-refractivity contribution is 0.0592. The molecule has 0 bridgehead atoms. The van der Waals surface area contributed by atoms with Gasteiger partial charge in [0.25, 0.3) is 0 Å². The summed E-state index contributed by atoms with van der Waals surface area (Å²) in [6.07, 6.45) is 0. The lowest BCUT2D eigenvalue weighted by atomic mass is 10.1. The van der Waals surface area contributed by atoms with E-state index in [1.165, 1.54) is 12.1 Å². The SMILES string of the molecule is COC(=O)c1ccc(-c2c(Cl)c(Cl)c(Cl)c(Cl)c2Cl)c(F)n1. The summed E-state index contributed by atoms with van der Waals surface area (Å²) in [7, 11) is 1.16. The summed E-state index contributed by atoms with van der Waals surface area (Å²) in [5.74, 6) is -1.77. The third-order valence-electron chi connectivity index (χ3n) is 2.72. The van der Waals surface area contributed by atoms with Crippen LogP contribution in [-0.2, 0) is 4.74 Å². The summed E-state index contributed by atoms with van der Waals surface area (Å²) in [4.78, 5) is 14.8. The van der Waals surface area contributed by atoms with Crippen LogP contribution in [0.25, 0.3) is 11.1 Å².